The van der Waals surface area contributed by atoms with Gasteiger partial charge in [-0.1, -0.05) is 11.2 Å². The lowest BCUT2D eigenvalue weighted by atomic mass is 10.1. The van der Waals surface area contributed by atoms with Crippen molar-refractivity contribution in [2.45, 2.75) is 0 Å². The van der Waals surface area contributed by atoms with Crippen molar-refractivity contribution in [1.82, 2.24) is 9.13 Å². The molecular weight excluding hydrogens is 321 g/mol. The summed E-state index contributed by atoms with van der Waals surface area (Å²) in [4.78, 5) is 0. The molecule has 0 radical (unpaired) electrons. The van der Waals surface area contributed by atoms with Gasteiger partial charge in [0.15, 0.2) is 0 Å². The fourth-order valence-corrected chi connectivity index (χ4v) is 3.09. The van der Waals surface area contributed by atoms with Crippen LogP contribution in [-0.2, 0) is 0 Å². The molecule has 0 bridgehead atoms. The minimum atomic E-state index is -0.404. The Balaban J connectivity index is 2.18. The van der Waals surface area contributed by atoms with E-state index in [2.05, 4.69) is 5.16 Å². The summed E-state index contributed by atoms with van der Waals surface area (Å²) in [6, 6.07) is 15.1. The number of oxime groups is 1. The summed E-state index contributed by atoms with van der Waals surface area (Å²) in [6.07, 6.45) is 4.90. The maximum atomic E-state index is 14.6. The van der Waals surface area contributed by atoms with Gasteiger partial charge in [-0.05, 0) is 48.5 Å². The largest absolute Gasteiger partial charge is 0.508 e. The molecule has 0 aliphatic heterocycles. The predicted molar refractivity (Wildman–Crippen MR) is 93.6 cm³/mol. The average molecular weight is 335 g/mol. The third-order valence-corrected chi connectivity index (χ3v) is 4.10. The fourth-order valence-electron chi connectivity index (χ4n) is 3.09. The zero-order valence-electron chi connectivity index (χ0n) is 13.0. The van der Waals surface area contributed by atoms with Gasteiger partial charge in [0.05, 0.1) is 17.3 Å². The molecule has 4 rings (SSSR count). The third kappa shape index (κ3) is 2.35. The summed E-state index contributed by atoms with van der Waals surface area (Å²) in [5.41, 5.74) is 1.83. The number of hydrogen-bond donors (Lipinski definition) is 2. The summed E-state index contributed by atoms with van der Waals surface area (Å²) < 4.78 is 18.3. The molecule has 5 nitrogen and oxygen atoms in total. The first kappa shape index (κ1) is 15.0. The van der Waals surface area contributed by atoms with Gasteiger partial charge >= 0.3 is 0 Å². The van der Waals surface area contributed by atoms with E-state index in [4.69, 9.17) is 5.21 Å². The van der Waals surface area contributed by atoms with Gasteiger partial charge in [0.1, 0.15) is 17.4 Å². The molecule has 0 saturated heterocycles. The summed E-state index contributed by atoms with van der Waals surface area (Å²) in [7, 11) is 0. The van der Waals surface area contributed by atoms with E-state index in [-0.39, 0.29) is 5.75 Å². The second kappa shape index (κ2) is 5.83. The van der Waals surface area contributed by atoms with E-state index in [1.165, 1.54) is 12.3 Å². The van der Waals surface area contributed by atoms with Crippen LogP contribution in [0.5, 0.6) is 5.75 Å². The number of nitrogens with zero attached hydrogens (tertiary/aromatic N) is 3. The van der Waals surface area contributed by atoms with Gasteiger partial charge in [0, 0.05) is 23.5 Å². The van der Waals surface area contributed by atoms with Gasteiger partial charge in [0.25, 0.3) is 0 Å². The van der Waals surface area contributed by atoms with Crippen LogP contribution in [0.15, 0.2) is 72.1 Å². The van der Waals surface area contributed by atoms with Gasteiger partial charge in [0.2, 0.25) is 0 Å². The molecule has 0 atom stereocenters. The molecule has 0 saturated carbocycles. The molecule has 6 heteroatoms. The summed E-state index contributed by atoms with van der Waals surface area (Å²) >= 11 is 0. The number of aromatic nitrogens is 2. The van der Waals surface area contributed by atoms with Gasteiger partial charge in [-0.25, -0.2) is 4.39 Å². The molecule has 25 heavy (non-hydrogen) atoms. The van der Waals surface area contributed by atoms with Crippen LogP contribution in [0.1, 0.15) is 5.56 Å². The maximum Gasteiger partial charge on any atom is 0.133 e. The van der Waals surface area contributed by atoms with Crippen molar-refractivity contribution < 1.29 is 14.7 Å². The minimum Gasteiger partial charge on any atom is -0.508 e. The zero-order valence-corrected chi connectivity index (χ0v) is 13.0. The normalized spacial score (nSPS) is 11.6. The predicted octanol–water partition coefficient (Wildman–Crippen LogP) is 4.07. The Morgan fingerprint density at radius 2 is 1.68 bits per heavy atom. The first-order valence-corrected chi connectivity index (χ1v) is 7.64. The highest BCUT2D eigenvalue weighted by Crippen LogP contribution is 2.33. The van der Waals surface area contributed by atoms with Crippen molar-refractivity contribution in [3.63, 3.8) is 0 Å². The van der Waals surface area contributed by atoms with Crippen molar-refractivity contribution in [2.24, 2.45) is 5.16 Å². The molecule has 0 aliphatic rings. The Hall–Kier alpha value is -3.54. The van der Waals surface area contributed by atoms with Crippen molar-refractivity contribution in [3.05, 3.63) is 78.4 Å². The molecule has 0 unspecified atom stereocenters. The average Bonchev–Trinajstić information content (AvgIpc) is 3.23. The van der Waals surface area contributed by atoms with Crippen molar-refractivity contribution in [2.75, 3.05) is 0 Å². The highest BCUT2D eigenvalue weighted by atomic mass is 19.1. The smallest absolute Gasteiger partial charge is 0.133 e. The van der Waals surface area contributed by atoms with Crippen LogP contribution in [0.25, 0.3) is 22.4 Å². The Labute approximate surface area is 142 Å². The van der Waals surface area contributed by atoms with Gasteiger partial charge in [-0.3, -0.25) is 4.57 Å². The Kier molecular flexibility index (Phi) is 3.50. The molecule has 4 aromatic rings. The topological polar surface area (TPSA) is 62.7 Å². The molecule has 0 amide bonds. The van der Waals surface area contributed by atoms with Gasteiger partial charge in [-0.2, -0.15) is 0 Å². The number of hydrogen-bond acceptors (Lipinski definition) is 3. The first-order chi connectivity index (χ1) is 12.2. The van der Waals surface area contributed by atoms with Crippen molar-refractivity contribution in [3.8, 4) is 17.3 Å². The van der Waals surface area contributed by atoms with E-state index in [1.807, 2.05) is 33.7 Å². The lowest BCUT2D eigenvalue weighted by Gasteiger charge is -2.12. The third-order valence-electron chi connectivity index (χ3n) is 4.10. The van der Waals surface area contributed by atoms with Gasteiger partial charge < -0.3 is 14.9 Å². The molecule has 2 aromatic heterocycles. The van der Waals surface area contributed by atoms with Crippen molar-refractivity contribution >= 4 is 17.1 Å². The van der Waals surface area contributed by atoms with E-state index in [1.54, 1.807) is 36.4 Å². The number of benzene rings is 2. The Morgan fingerprint density at radius 3 is 2.36 bits per heavy atom. The summed E-state index contributed by atoms with van der Waals surface area (Å²) in [5.74, 6) is 0.373. The lowest BCUT2D eigenvalue weighted by molar-refractivity contribution is 0.322. The molecule has 0 spiro atoms. The summed E-state index contributed by atoms with van der Waals surface area (Å²) in [5, 5.41) is 22.2. The van der Waals surface area contributed by atoms with Crippen LogP contribution in [0.4, 0.5) is 4.39 Å². The minimum absolute atomic E-state index is 0.144. The van der Waals surface area contributed by atoms with Crippen LogP contribution in [0.3, 0.4) is 0 Å². The van der Waals surface area contributed by atoms with Crippen LogP contribution in [0.2, 0.25) is 0 Å². The second-order valence-electron chi connectivity index (χ2n) is 5.56. The zero-order chi connectivity index (χ0) is 17.4. The highest BCUT2D eigenvalue weighted by Gasteiger charge is 2.21. The molecule has 0 aliphatic carbocycles. The molecule has 2 N–H and O–H groups in total. The molecular formula is C19H14FN3O2. The van der Waals surface area contributed by atoms with Crippen LogP contribution in [0, 0.1) is 5.82 Å². The summed E-state index contributed by atoms with van der Waals surface area (Å²) in [6.45, 7) is 0. The second-order valence-corrected chi connectivity index (χ2v) is 5.56. The molecule has 124 valence electrons. The number of aromatic hydroxyl groups is 1. The van der Waals surface area contributed by atoms with E-state index < -0.39 is 5.82 Å². The van der Waals surface area contributed by atoms with E-state index >= 15 is 0 Å². The number of phenols is 1. The fraction of sp³-hybridized carbons (Fsp3) is 0. The lowest BCUT2D eigenvalue weighted by Crippen LogP contribution is -2.04. The van der Waals surface area contributed by atoms with Crippen LogP contribution >= 0.6 is 0 Å². The maximum absolute atomic E-state index is 14.6. The van der Waals surface area contributed by atoms with E-state index in [0.29, 0.717) is 22.3 Å². The number of rotatable bonds is 3. The van der Waals surface area contributed by atoms with Crippen molar-refractivity contribution in [1.29, 1.82) is 0 Å². The standard InChI is InChI=1S/C19H14FN3O2/c20-16-4-3-5-17-18(16)15(12-21-25)19(22-10-1-2-11-22)23(17)13-6-8-14(24)9-7-13/h1-12,24-25H/b21-12+. The van der Waals surface area contributed by atoms with Crippen LogP contribution in [-0.4, -0.2) is 25.7 Å². The quantitative estimate of drug-likeness (QED) is 0.337. The van der Waals surface area contributed by atoms with E-state index in [0.717, 1.165) is 5.69 Å². The number of phenolic OH excluding ortho intramolecular Hbond substituents is 1. The Morgan fingerprint density at radius 1 is 0.960 bits per heavy atom. The van der Waals surface area contributed by atoms with Crippen LogP contribution < -0.4 is 0 Å². The monoisotopic (exact) mass is 335 g/mol. The molecule has 0 fully saturated rings. The van der Waals surface area contributed by atoms with E-state index in [9.17, 15) is 9.50 Å². The SMILES string of the molecule is O/N=C/c1c(-n2cccc2)n(-c2ccc(O)cc2)c2cccc(F)c12. The van der Waals surface area contributed by atoms with Gasteiger partial charge in [-0.15, -0.1) is 0 Å². The number of fused-ring (bicyclic) bond motifs is 1. The Bertz CT molecular complexity index is 1060. The molecule has 2 aromatic carbocycles. The first-order valence-electron chi connectivity index (χ1n) is 7.64. The molecule has 2 heterocycles. The number of halogens is 1. The highest BCUT2D eigenvalue weighted by molar-refractivity contribution is 6.04.